The zero-order valence-electron chi connectivity index (χ0n) is 33.8. The van der Waals surface area contributed by atoms with Crippen molar-refractivity contribution in [3.05, 3.63) is 24.3 Å². The Morgan fingerprint density at radius 2 is 1.05 bits per heavy atom. The summed E-state index contributed by atoms with van der Waals surface area (Å²) in [6.45, 7) is 3.66. The van der Waals surface area contributed by atoms with Gasteiger partial charge in [0, 0.05) is 0 Å². The van der Waals surface area contributed by atoms with E-state index in [9.17, 15) is 50.0 Å². The highest BCUT2D eigenvalue weighted by molar-refractivity contribution is 7.47. The van der Waals surface area contributed by atoms with E-state index in [1.54, 1.807) is 6.08 Å². The van der Waals surface area contributed by atoms with Crippen molar-refractivity contribution in [2.75, 3.05) is 6.61 Å². The Morgan fingerprint density at radius 3 is 1.55 bits per heavy atom. The van der Waals surface area contributed by atoms with Crippen molar-refractivity contribution >= 4 is 13.7 Å². The molecule has 0 saturated heterocycles. The Hall–Kier alpha value is -1.22. The molecule has 13 nitrogen and oxygen atoms in total. The van der Waals surface area contributed by atoms with Gasteiger partial charge in [0.15, 0.2) is 0 Å². The summed E-state index contributed by atoms with van der Waals surface area (Å²) in [5.74, 6) is -0.602. The van der Waals surface area contributed by atoms with Crippen LogP contribution in [0.4, 0.5) is 0 Å². The van der Waals surface area contributed by atoms with E-state index in [0.29, 0.717) is 12.8 Å². The number of hydrogen-bond donors (Lipinski definition) is 9. The molecular formula is C41H78NO12P. The lowest BCUT2D eigenvalue weighted by atomic mass is 9.85. The minimum Gasteiger partial charge on any atom is -0.393 e. The highest BCUT2D eigenvalue weighted by Gasteiger charge is 2.51. The number of amides is 1. The molecule has 0 aromatic rings. The first kappa shape index (κ1) is 51.8. The van der Waals surface area contributed by atoms with Crippen LogP contribution in [0.15, 0.2) is 24.3 Å². The number of phosphoric ester groups is 1. The minimum atomic E-state index is -5.13. The lowest BCUT2D eigenvalue weighted by Crippen LogP contribution is -2.64. The van der Waals surface area contributed by atoms with Crippen molar-refractivity contribution in [3.63, 3.8) is 0 Å². The van der Waals surface area contributed by atoms with E-state index in [0.717, 1.165) is 77.0 Å². The molecule has 324 valence electrons. The van der Waals surface area contributed by atoms with Crippen LogP contribution in [-0.2, 0) is 18.4 Å². The van der Waals surface area contributed by atoms with E-state index in [2.05, 4.69) is 31.3 Å². The molecule has 1 saturated carbocycles. The van der Waals surface area contributed by atoms with Crippen LogP contribution in [0, 0.1) is 0 Å². The highest BCUT2D eigenvalue weighted by Crippen LogP contribution is 2.47. The maximum Gasteiger partial charge on any atom is 0.472 e. The summed E-state index contributed by atoms with van der Waals surface area (Å²) in [6.07, 6.45) is 18.8. The smallest absolute Gasteiger partial charge is 0.393 e. The second kappa shape index (κ2) is 31.7. The lowest BCUT2D eigenvalue weighted by Gasteiger charge is -2.41. The fourth-order valence-corrected chi connectivity index (χ4v) is 7.67. The molecule has 0 radical (unpaired) electrons. The molecule has 55 heavy (non-hydrogen) atoms. The van der Waals surface area contributed by atoms with Crippen LogP contribution in [-0.4, -0.2) is 108 Å². The second-order valence-corrected chi connectivity index (χ2v) is 16.8. The molecule has 8 unspecified atom stereocenters. The first-order chi connectivity index (χ1) is 26.3. The van der Waals surface area contributed by atoms with Crippen molar-refractivity contribution in [1.82, 2.24) is 5.32 Å². The van der Waals surface area contributed by atoms with Gasteiger partial charge in [-0.15, -0.1) is 0 Å². The zero-order valence-corrected chi connectivity index (χ0v) is 34.7. The summed E-state index contributed by atoms with van der Waals surface area (Å²) in [6, 6.07) is -1.24. The molecular weight excluding hydrogens is 729 g/mol. The van der Waals surface area contributed by atoms with Gasteiger partial charge < -0.3 is 46.0 Å². The minimum absolute atomic E-state index is 0.250. The number of hydrogen-bond acceptors (Lipinski definition) is 11. The molecule has 8 atom stereocenters. The Morgan fingerprint density at radius 1 is 0.636 bits per heavy atom. The van der Waals surface area contributed by atoms with Crippen molar-refractivity contribution in [3.8, 4) is 0 Å². The first-order valence-electron chi connectivity index (χ1n) is 21.4. The molecule has 0 bridgehead atoms. The van der Waals surface area contributed by atoms with Gasteiger partial charge in [-0.3, -0.25) is 13.8 Å². The number of allylic oxidation sites excluding steroid dienone is 3. The third-order valence-electron chi connectivity index (χ3n) is 10.3. The fourth-order valence-electron chi connectivity index (χ4n) is 6.70. The normalized spacial score (nSPS) is 24.6. The number of unbranched alkanes of at least 4 members (excludes halogenated alkanes) is 19. The second-order valence-electron chi connectivity index (χ2n) is 15.4. The predicted molar refractivity (Wildman–Crippen MR) is 215 cm³/mol. The van der Waals surface area contributed by atoms with Gasteiger partial charge in [-0.2, -0.15) is 0 Å². The van der Waals surface area contributed by atoms with Crippen LogP contribution in [0.5, 0.6) is 0 Å². The topological polar surface area (TPSA) is 226 Å². The maximum absolute atomic E-state index is 12.9. The number of nitrogens with one attached hydrogen (secondary N) is 1. The van der Waals surface area contributed by atoms with E-state index in [1.165, 1.54) is 63.9 Å². The van der Waals surface area contributed by atoms with Crippen molar-refractivity contribution in [2.45, 2.75) is 223 Å². The molecule has 1 fully saturated rings. The van der Waals surface area contributed by atoms with Gasteiger partial charge >= 0.3 is 7.82 Å². The van der Waals surface area contributed by atoms with Gasteiger partial charge in [0.1, 0.15) is 36.6 Å². The Labute approximate surface area is 331 Å². The number of aliphatic hydroxyl groups excluding tert-OH is 7. The number of phosphoric acid groups is 1. The van der Waals surface area contributed by atoms with Gasteiger partial charge in [-0.05, 0) is 44.9 Å². The van der Waals surface area contributed by atoms with Crippen molar-refractivity contribution in [1.29, 1.82) is 0 Å². The quantitative estimate of drug-likeness (QED) is 0.0207. The largest absolute Gasteiger partial charge is 0.472 e. The summed E-state index contributed by atoms with van der Waals surface area (Å²) in [7, 11) is -5.13. The third kappa shape index (κ3) is 24.3. The highest BCUT2D eigenvalue weighted by atomic mass is 31.2. The molecule has 0 aromatic carbocycles. The molecule has 9 N–H and O–H groups in total. The van der Waals surface area contributed by atoms with Gasteiger partial charge in [-0.1, -0.05) is 141 Å². The molecule has 1 aliphatic carbocycles. The standard InChI is InChI=1S/C41H78NO12P/c1-3-5-7-9-11-13-14-15-16-17-18-19-20-21-22-24-26-28-32(43)30-35(45)42-33(34(44)29-27-25-23-12-10-8-6-4-2)31-53-55(51,52)54-41-39(49)37(47)36(46)38(48)40(41)50/h17-18,27,29,32-34,36-41,43-44,46-50H,3-16,19-26,28,30-31H2,1-2H3,(H,42,45)(H,51,52)/b18-17-,29-27+. The summed E-state index contributed by atoms with van der Waals surface area (Å²) in [5, 5.41) is 74.0. The Balaban J connectivity index is 2.51. The molecule has 1 rings (SSSR count). The van der Waals surface area contributed by atoms with Crippen LogP contribution in [0.3, 0.4) is 0 Å². The van der Waals surface area contributed by atoms with Crippen LogP contribution >= 0.6 is 7.82 Å². The third-order valence-corrected chi connectivity index (χ3v) is 11.3. The van der Waals surface area contributed by atoms with Crippen molar-refractivity contribution < 1.29 is 59.0 Å². The van der Waals surface area contributed by atoms with Gasteiger partial charge in [0.05, 0.1) is 31.3 Å². The van der Waals surface area contributed by atoms with Gasteiger partial charge in [-0.25, -0.2) is 4.57 Å². The monoisotopic (exact) mass is 808 g/mol. The fraction of sp³-hybridized carbons (Fsp3) is 0.878. The Kier molecular flexibility index (Phi) is 29.9. The molecule has 0 aromatic heterocycles. The molecule has 1 aliphatic rings. The molecule has 0 spiro atoms. The summed E-state index contributed by atoms with van der Waals surface area (Å²) in [4.78, 5) is 23.3. The molecule has 14 heteroatoms. The SMILES string of the molecule is CCCCCCCC/C=C/C(O)C(COP(=O)(O)OC1C(O)C(O)C(O)C(O)C1O)NC(=O)CC(O)CCCCCCC/C=C\CCCCCCCCCC. The maximum atomic E-state index is 12.9. The van der Waals surface area contributed by atoms with Gasteiger partial charge in [0.2, 0.25) is 5.91 Å². The van der Waals surface area contributed by atoms with Crippen LogP contribution in [0.25, 0.3) is 0 Å². The van der Waals surface area contributed by atoms with Crippen LogP contribution in [0.1, 0.15) is 168 Å². The summed E-state index contributed by atoms with van der Waals surface area (Å²) in [5.41, 5.74) is 0. The molecule has 0 heterocycles. The number of aliphatic hydroxyl groups is 7. The molecule has 0 aliphatic heterocycles. The number of rotatable bonds is 34. The van der Waals surface area contributed by atoms with E-state index in [1.807, 2.05) is 0 Å². The van der Waals surface area contributed by atoms with Crippen molar-refractivity contribution in [2.24, 2.45) is 0 Å². The average Bonchev–Trinajstić information content (AvgIpc) is 3.15. The van der Waals surface area contributed by atoms with E-state index >= 15 is 0 Å². The lowest BCUT2D eigenvalue weighted by molar-refractivity contribution is -0.220. The van der Waals surface area contributed by atoms with E-state index < -0.39 is 75.2 Å². The van der Waals surface area contributed by atoms with Crippen LogP contribution in [0.2, 0.25) is 0 Å². The van der Waals surface area contributed by atoms with Crippen LogP contribution < -0.4 is 5.32 Å². The Bertz CT molecular complexity index is 1050. The molecule has 1 amide bonds. The number of carbonyl (C=O) groups excluding carboxylic acids is 1. The van der Waals surface area contributed by atoms with E-state index in [4.69, 9.17) is 9.05 Å². The number of carbonyl (C=O) groups is 1. The van der Waals surface area contributed by atoms with E-state index in [-0.39, 0.29) is 6.42 Å². The summed E-state index contributed by atoms with van der Waals surface area (Å²) >= 11 is 0. The predicted octanol–water partition coefficient (Wildman–Crippen LogP) is 6.03. The summed E-state index contributed by atoms with van der Waals surface area (Å²) < 4.78 is 22.7. The average molecular weight is 808 g/mol. The zero-order chi connectivity index (χ0) is 40.9. The first-order valence-corrected chi connectivity index (χ1v) is 22.9. The van der Waals surface area contributed by atoms with Gasteiger partial charge in [0.25, 0.3) is 0 Å².